The molecule has 0 saturated heterocycles. The molecule has 1 aliphatic carbocycles. The zero-order valence-corrected chi connectivity index (χ0v) is 15.5. The monoisotopic (exact) mass is 372 g/mol. The normalized spacial score (nSPS) is 27.0. The van der Waals surface area contributed by atoms with Crippen LogP contribution in [0, 0.1) is 5.92 Å². The van der Waals surface area contributed by atoms with E-state index in [0.717, 1.165) is 31.2 Å². The Labute approximate surface area is 158 Å². The molecular formula is C20H24N2O5. The van der Waals surface area contributed by atoms with Crippen LogP contribution in [0.25, 0.3) is 0 Å². The number of benzene rings is 1. The van der Waals surface area contributed by atoms with Gasteiger partial charge in [-0.1, -0.05) is 13.0 Å². The molecule has 7 nitrogen and oxygen atoms in total. The third kappa shape index (κ3) is 3.59. The summed E-state index contributed by atoms with van der Waals surface area (Å²) in [5.74, 6) is 1.55. The van der Waals surface area contributed by atoms with Gasteiger partial charge >= 0.3 is 12.0 Å². The fraction of sp³-hybridized carbons (Fsp3) is 0.500. The molecule has 0 aromatic heterocycles. The van der Waals surface area contributed by atoms with Gasteiger partial charge in [0, 0.05) is 5.70 Å². The van der Waals surface area contributed by atoms with Gasteiger partial charge in [-0.3, -0.25) is 0 Å². The van der Waals surface area contributed by atoms with Crippen molar-refractivity contribution >= 4 is 12.0 Å². The number of amides is 2. The quantitative estimate of drug-likeness (QED) is 0.796. The van der Waals surface area contributed by atoms with Crippen molar-refractivity contribution < 1.29 is 23.8 Å². The van der Waals surface area contributed by atoms with Crippen molar-refractivity contribution in [1.82, 2.24) is 10.6 Å². The Kier molecular flexibility index (Phi) is 4.68. The minimum Gasteiger partial charge on any atom is -0.459 e. The summed E-state index contributed by atoms with van der Waals surface area (Å²) < 4.78 is 16.6. The number of urea groups is 1. The first-order chi connectivity index (χ1) is 13.0. The zero-order chi connectivity index (χ0) is 19.0. The second-order valence-electron chi connectivity index (χ2n) is 7.47. The van der Waals surface area contributed by atoms with Crippen LogP contribution in [0.4, 0.5) is 4.79 Å². The first kappa shape index (κ1) is 17.7. The minimum atomic E-state index is -0.594. The Bertz CT molecular complexity index is 796. The van der Waals surface area contributed by atoms with E-state index in [1.807, 2.05) is 6.07 Å². The maximum atomic E-state index is 13.0. The third-order valence-corrected chi connectivity index (χ3v) is 5.46. The number of fused-ring (bicyclic) bond motifs is 1. The van der Waals surface area contributed by atoms with Crippen LogP contribution in [0.2, 0.25) is 0 Å². The fourth-order valence-corrected chi connectivity index (χ4v) is 3.87. The predicted octanol–water partition coefficient (Wildman–Crippen LogP) is 3.17. The highest BCUT2D eigenvalue weighted by Gasteiger charge is 2.34. The van der Waals surface area contributed by atoms with Crippen molar-refractivity contribution in [3.8, 4) is 11.5 Å². The van der Waals surface area contributed by atoms with Crippen LogP contribution in [0.3, 0.4) is 0 Å². The van der Waals surface area contributed by atoms with E-state index in [1.165, 1.54) is 0 Å². The lowest BCUT2D eigenvalue weighted by Gasteiger charge is -2.31. The Balaban J connectivity index is 1.58. The second kappa shape index (κ2) is 7.13. The van der Waals surface area contributed by atoms with Crippen LogP contribution in [-0.2, 0) is 9.53 Å². The fourth-order valence-electron chi connectivity index (χ4n) is 3.87. The van der Waals surface area contributed by atoms with Crippen LogP contribution < -0.4 is 20.1 Å². The first-order valence-electron chi connectivity index (χ1n) is 9.40. The number of rotatable bonds is 3. The molecule has 0 bridgehead atoms. The van der Waals surface area contributed by atoms with Crippen molar-refractivity contribution in [2.24, 2.45) is 5.92 Å². The van der Waals surface area contributed by atoms with E-state index in [4.69, 9.17) is 14.2 Å². The van der Waals surface area contributed by atoms with Gasteiger partial charge in [0.05, 0.1) is 11.6 Å². The summed E-state index contributed by atoms with van der Waals surface area (Å²) >= 11 is 0. The minimum absolute atomic E-state index is 0.0657. The van der Waals surface area contributed by atoms with E-state index in [9.17, 15) is 9.59 Å². The molecule has 1 unspecified atom stereocenters. The molecule has 2 amide bonds. The SMILES string of the molecule is CC1=C(C(=O)OC2CCC(C)CC2)C(c2ccc3c(c2)OCO3)NC(=O)N1. The molecule has 27 heavy (non-hydrogen) atoms. The molecule has 1 fully saturated rings. The first-order valence-corrected chi connectivity index (χ1v) is 9.40. The topological polar surface area (TPSA) is 85.9 Å². The van der Waals surface area contributed by atoms with Gasteiger partial charge < -0.3 is 24.8 Å². The van der Waals surface area contributed by atoms with Gasteiger partial charge in [0.15, 0.2) is 11.5 Å². The Morgan fingerprint density at radius 3 is 2.67 bits per heavy atom. The average molecular weight is 372 g/mol. The molecule has 0 spiro atoms. The molecule has 2 aliphatic heterocycles. The highest BCUT2D eigenvalue weighted by atomic mass is 16.7. The lowest BCUT2D eigenvalue weighted by molar-refractivity contribution is -0.146. The van der Waals surface area contributed by atoms with Crippen LogP contribution in [0.1, 0.15) is 51.1 Å². The summed E-state index contributed by atoms with van der Waals surface area (Å²) in [5, 5.41) is 5.50. The van der Waals surface area contributed by atoms with Crippen molar-refractivity contribution in [2.75, 3.05) is 6.79 Å². The average Bonchev–Trinajstić information content (AvgIpc) is 3.10. The maximum absolute atomic E-state index is 13.0. The van der Waals surface area contributed by atoms with Gasteiger partial charge in [0.2, 0.25) is 6.79 Å². The maximum Gasteiger partial charge on any atom is 0.338 e. The van der Waals surface area contributed by atoms with Crippen molar-refractivity contribution in [3.63, 3.8) is 0 Å². The van der Waals surface area contributed by atoms with E-state index in [2.05, 4.69) is 17.6 Å². The molecule has 2 heterocycles. The highest BCUT2D eigenvalue weighted by molar-refractivity contribution is 5.95. The van der Waals surface area contributed by atoms with E-state index in [1.54, 1.807) is 19.1 Å². The lowest BCUT2D eigenvalue weighted by atomic mass is 9.88. The van der Waals surface area contributed by atoms with E-state index in [0.29, 0.717) is 28.7 Å². The smallest absolute Gasteiger partial charge is 0.338 e. The molecule has 4 rings (SSSR count). The number of allylic oxidation sites excluding steroid dienone is 1. The van der Waals surface area contributed by atoms with Gasteiger partial charge in [0.25, 0.3) is 0 Å². The molecule has 2 N–H and O–H groups in total. The van der Waals surface area contributed by atoms with Gasteiger partial charge in [-0.05, 0) is 56.2 Å². The molecule has 7 heteroatoms. The van der Waals surface area contributed by atoms with E-state index < -0.39 is 6.04 Å². The van der Waals surface area contributed by atoms with Gasteiger partial charge in [-0.2, -0.15) is 0 Å². The largest absolute Gasteiger partial charge is 0.459 e. The van der Waals surface area contributed by atoms with Crippen LogP contribution in [0.15, 0.2) is 29.5 Å². The summed E-state index contributed by atoms with van der Waals surface area (Å²) in [4.78, 5) is 25.0. The molecule has 1 atom stereocenters. The Morgan fingerprint density at radius 2 is 1.89 bits per heavy atom. The molecule has 144 valence electrons. The summed E-state index contributed by atoms with van der Waals surface area (Å²) in [6, 6.07) is 4.46. The van der Waals surface area contributed by atoms with E-state index in [-0.39, 0.29) is 24.9 Å². The van der Waals surface area contributed by atoms with Crippen LogP contribution >= 0.6 is 0 Å². The second-order valence-corrected chi connectivity index (χ2v) is 7.47. The predicted molar refractivity (Wildman–Crippen MR) is 97.2 cm³/mol. The molecule has 1 aromatic rings. The summed E-state index contributed by atoms with van der Waals surface area (Å²) in [7, 11) is 0. The van der Waals surface area contributed by atoms with Gasteiger partial charge in [-0.25, -0.2) is 9.59 Å². The van der Waals surface area contributed by atoms with E-state index >= 15 is 0 Å². The number of ether oxygens (including phenoxy) is 3. The molecule has 3 aliphatic rings. The third-order valence-electron chi connectivity index (χ3n) is 5.46. The molecule has 1 saturated carbocycles. The van der Waals surface area contributed by atoms with Gasteiger partial charge in [0.1, 0.15) is 6.10 Å². The van der Waals surface area contributed by atoms with Crippen molar-refractivity contribution in [2.45, 2.75) is 51.7 Å². The van der Waals surface area contributed by atoms with Crippen molar-refractivity contribution in [1.29, 1.82) is 0 Å². The lowest BCUT2D eigenvalue weighted by Crippen LogP contribution is -2.45. The zero-order valence-electron chi connectivity index (χ0n) is 15.5. The summed E-state index contributed by atoms with van der Waals surface area (Å²) in [5.41, 5.74) is 1.68. The number of hydrogen-bond acceptors (Lipinski definition) is 5. The summed E-state index contributed by atoms with van der Waals surface area (Å²) in [6.45, 7) is 4.11. The van der Waals surface area contributed by atoms with Gasteiger partial charge in [-0.15, -0.1) is 0 Å². The molecule has 1 aromatic carbocycles. The van der Waals surface area contributed by atoms with Crippen molar-refractivity contribution in [3.05, 3.63) is 35.0 Å². The van der Waals surface area contributed by atoms with Crippen LogP contribution in [0.5, 0.6) is 11.5 Å². The number of esters is 1. The van der Waals surface area contributed by atoms with Crippen LogP contribution in [-0.4, -0.2) is 24.9 Å². The summed E-state index contributed by atoms with van der Waals surface area (Å²) in [6.07, 6.45) is 3.83. The Morgan fingerprint density at radius 1 is 1.15 bits per heavy atom. The number of carbonyl (C=O) groups is 2. The highest BCUT2D eigenvalue weighted by Crippen LogP contribution is 2.37. The molecular weight excluding hydrogens is 348 g/mol. The number of hydrogen-bond donors (Lipinski definition) is 2. The molecule has 0 radical (unpaired) electrons. The number of nitrogens with one attached hydrogen (secondary N) is 2. The Hall–Kier alpha value is -2.70. The number of carbonyl (C=O) groups excluding carboxylic acids is 2. The standard InChI is InChI=1S/C20H24N2O5/c1-11-3-6-14(7-4-11)27-19(23)17-12(2)21-20(24)22-18(17)13-5-8-15-16(9-13)26-10-25-15/h5,8-9,11,14,18H,3-4,6-7,10H2,1-2H3,(H2,21,22,24).